The predicted octanol–water partition coefficient (Wildman–Crippen LogP) is 5.79. The zero-order valence-electron chi connectivity index (χ0n) is 17.9. The van der Waals surface area contributed by atoms with E-state index in [-0.39, 0.29) is 24.3 Å². The van der Waals surface area contributed by atoms with Crippen LogP contribution in [0.3, 0.4) is 0 Å². The fourth-order valence-corrected chi connectivity index (χ4v) is 4.49. The highest BCUT2D eigenvalue weighted by atomic mass is 35.5. The second-order valence-corrected chi connectivity index (χ2v) is 9.01. The van der Waals surface area contributed by atoms with Crippen molar-refractivity contribution in [1.82, 2.24) is 10.2 Å². The predicted molar refractivity (Wildman–Crippen MR) is 126 cm³/mol. The summed E-state index contributed by atoms with van der Waals surface area (Å²) in [5.41, 5.74) is 1.77. The molecule has 1 atom stereocenters. The third kappa shape index (κ3) is 6.72. The third-order valence-electron chi connectivity index (χ3n) is 5.87. The SMILES string of the molecule is CC[C@@H](C(=O)NC1CCCCC1)N(Cc1ccccc1)C(=O)Cc1ccc(Cl)c(Cl)c1. The molecular formula is C25H30Cl2N2O2. The van der Waals surface area contributed by atoms with Gasteiger partial charge in [0.15, 0.2) is 0 Å². The molecule has 0 spiro atoms. The van der Waals surface area contributed by atoms with E-state index < -0.39 is 6.04 Å². The van der Waals surface area contributed by atoms with Crippen molar-refractivity contribution in [2.75, 3.05) is 0 Å². The molecule has 2 aromatic rings. The summed E-state index contributed by atoms with van der Waals surface area (Å²) in [4.78, 5) is 28.3. The van der Waals surface area contributed by atoms with Crippen LogP contribution in [0.25, 0.3) is 0 Å². The summed E-state index contributed by atoms with van der Waals surface area (Å²) in [7, 11) is 0. The Morgan fingerprint density at radius 2 is 1.71 bits per heavy atom. The summed E-state index contributed by atoms with van der Waals surface area (Å²) in [6.07, 6.45) is 6.26. The van der Waals surface area contributed by atoms with Crippen LogP contribution in [0.2, 0.25) is 10.0 Å². The first-order valence-electron chi connectivity index (χ1n) is 11.1. The minimum atomic E-state index is -0.516. The van der Waals surface area contributed by atoms with Gasteiger partial charge in [-0.1, -0.05) is 85.8 Å². The largest absolute Gasteiger partial charge is 0.352 e. The summed E-state index contributed by atoms with van der Waals surface area (Å²) >= 11 is 12.1. The van der Waals surface area contributed by atoms with E-state index in [4.69, 9.17) is 23.2 Å². The van der Waals surface area contributed by atoms with E-state index in [2.05, 4.69) is 5.32 Å². The summed E-state index contributed by atoms with van der Waals surface area (Å²) < 4.78 is 0. The van der Waals surface area contributed by atoms with Gasteiger partial charge in [-0.25, -0.2) is 0 Å². The van der Waals surface area contributed by atoms with Crippen molar-refractivity contribution in [3.05, 3.63) is 69.7 Å². The van der Waals surface area contributed by atoms with Gasteiger partial charge in [0.2, 0.25) is 11.8 Å². The highest BCUT2D eigenvalue weighted by Gasteiger charge is 2.30. The fourth-order valence-electron chi connectivity index (χ4n) is 4.17. The van der Waals surface area contributed by atoms with E-state index in [1.807, 2.05) is 37.3 Å². The van der Waals surface area contributed by atoms with Gasteiger partial charge in [-0.05, 0) is 42.5 Å². The second kappa shape index (κ2) is 11.5. The molecule has 4 nitrogen and oxygen atoms in total. The van der Waals surface area contributed by atoms with Gasteiger partial charge < -0.3 is 10.2 Å². The average molecular weight is 461 g/mol. The van der Waals surface area contributed by atoms with Crippen LogP contribution < -0.4 is 5.32 Å². The molecule has 0 aromatic heterocycles. The van der Waals surface area contributed by atoms with Gasteiger partial charge in [0.05, 0.1) is 16.5 Å². The smallest absolute Gasteiger partial charge is 0.243 e. The highest BCUT2D eigenvalue weighted by molar-refractivity contribution is 6.42. The number of nitrogens with one attached hydrogen (secondary N) is 1. The molecule has 2 aromatic carbocycles. The monoisotopic (exact) mass is 460 g/mol. The van der Waals surface area contributed by atoms with Gasteiger partial charge in [0, 0.05) is 12.6 Å². The quantitative estimate of drug-likeness (QED) is 0.541. The molecule has 0 unspecified atom stereocenters. The lowest BCUT2D eigenvalue weighted by Crippen LogP contribution is -2.51. The van der Waals surface area contributed by atoms with Crippen LogP contribution >= 0.6 is 23.2 Å². The van der Waals surface area contributed by atoms with Crippen LogP contribution in [0.1, 0.15) is 56.6 Å². The maximum Gasteiger partial charge on any atom is 0.243 e. The number of carbonyl (C=O) groups is 2. The van der Waals surface area contributed by atoms with Crippen molar-refractivity contribution in [3.8, 4) is 0 Å². The maximum atomic E-state index is 13.4. The lowest BCUT2D eigenvalue weighted by atomic mass is 9.95. The molecule has 6 heteroatoms. The van der Waals surface area contributed by atoms with Crippen LogP contribution in [0.4, 0.5) is 0 Å². The zero-order chi connectivity index (χ0) is 22.2. The van der Waals surface area contributed by atoms with Crippen LogP contribution in [-0.2, 0) is 22.6 Å². The van der Waals surface area contributed by atoms with Gasteiger partial charge >= 0.3 is 0 Å². The molecule has 0 aliphatic heterocycles. The third-order valence-corrected chi connectivity index (χ3v) is 6.61. The van der Waals surface area contributed by atoms with Crippen LogP contribution in [0.5, 0.6) is 0 Å². The number of hydrogen-bond acceptors (Lipinski definition) is 2. The number of nitrogens with zero attached hydrogens (tertiary/aromatic N) is 1. The van der Waals surface area contributed by atoms with E-state index in [9.17, 15) is 9.59 Å². The number of hydrogen-bond donors (Lipinski definition) is 1. The van der Waals surface area contributed by atoms with Crippen molar-refractivity contribution < 1.29 is 9.59 Å². The molecule has 0 bridgehead atoms. The van der Waals surface area contributed by atoms with Gasteiger partial charge in [-0.15, -0.1) is 0 Å². The number of halogens is 2. The van der Waals surface area contributed by atoms with Gasteiger partial charge in [0.25, 0.3) is 0 Å². The molecule has 0 heterocycles. The Bertz CT molecular complexity index is 882. The van der Waals surface area contributed by atoms with E-state index in [1.165, 1.54) is 6.42 Å². The number of carbonyl (C=O) groups excluding carboxylic acids is 2. The molecule has 3 rings (SSSR count). The molecule has 0 saturated heterocycles. The lowest BCUT2D eigenvalue weighted by molar-refractivity contribution is -0.141. The maximum absolute atomic E-state index is 13.4. The Labute approximate surface area is 194 Å². The van der Waals surface area contributed by atoms with Crippen molar-refractivity contribution in [2.24, 2.45) is 0 Å². The second-order valence-electron chi connectivity index (χ2n) is 8.20. The number of benzene rings is 2. The molecule has 166 valence electrons. The summed E-state index contributed by atoms with van der Waals surface area (Å²) in [5.74, 6) is -0.166. The molecule has 1 fully saturated rings. The van der Waals surface area contributed by atoms with Crippen LogP contribution in [0.15, 0.2) is 48.5 Å². The fraction of sp³-hybridized carbons (Fsp3) is 0.440. The molecule has 0 radical (unpaired) electrons. The van der Waals surface area contributed by atoms with E-state index >= 15 is 0 Å². The Balaban J connectivity index is 1.79. The van der Waals surface area contributed by atoms with E-state index in [1.54, 1.807) is 23.1 Å². The van der Waals surface area contributed by atoms with Crippen molar-refractivity contribution >= 4 is 35.0 Å². The van der Waals surface area contributed by atoms with Crippen molar-refractivity contribution in [2.45, 2.75) is 70.5 Å². The van der Waals surface area contributed by atoms with Gasteiger partial charge in [-0.2, -0.15) is 0 Å². The van der Waals surface area contributed by atoms with Crippen LogP contribution in [-0.4, -0.2) is 28.8 Å². The normalized spacial score (nSPS) is 15.3. The topological polar surface area (TPSA) is 49.4 Å². The molecule has 1 saturated carbocycles. The Kier molecular flexibility index (Phi) is 8.79. The van der Waals surface area contributed by atoms with E-state index in [0.717, 1.165) is 36.8 Å². The first-order valence-corrected chi connectivity index (χ1v) is 11.8. The Hall–Kier alpha value is -2.04. The standard InChI is InChI=1S/C25H30Cl2N2O2/c1-2-23(25(31)28-20-11-7-4-8-12-20)29(17-18-9-5-3-6-10-18)24(30)16-19-13-14-21(26)22(27)15-19/h3,5-6,9-10,13-15,20,23H,2,4,7-8,11-12,16-17H2,1H3,(H,28,31)/t23-/m0/s1. The number of amides is 2. The summed E-state index contributed by atoms with van der Waals surface area (Å²) in [6.45, 7) is 2.34. The molecule has 31 heavy (non-hydrogen) atoms. The zero-order valence-corrected chi connectivity index (χ0v) is 19.5. The Morgan fingerprint density at radius 1 is 1.00 bits per heavy atom. The Morgan fingerprint density at radius 3 is 2.35 bits per heavy atom. The molecule has 1 aliphatic carbocycles. The lowest BCUT2D eigenvalue weighted by Gasteiger charge is -2.33. The highest BCUT2D eigenvalue weighted by Crippen LogP contribution is 2.24. The van der Waals surface area contributed by atoms with Gasteiger partial charge in [0.1, 0.15) is 6.04 Å². The summed E-state index contributed by atoms with van der Waals surface area (Å²) in [6, 6.07) is 14.7. The van der Waals surface area contributed by atoms with Gasteiger partial charge in [-0.3, -0.25) is 9.59 Å². The average Bonchev–Trinajstić information content (AvgIpc) is 2.77. The number of rotatable bonds is 8. The van der Waals surface area contributed by atoms with E-state index in [0.29, 0.717) is 23.0 Å². The minimum Gasteiger partial charge on any atom is -0.352 e. The molecule has 1 aliphatic rings. The van der Waals surface area contributed by atoms with Crippen molar-refractivity contribution in [1.29, 1.82) is 0 Å². The summed E-state index contributed by atoms with van der Waals surface area (Å²) in [5, 5.41) is 4.08. The van der Waals surface area contributed by atoms with Crippen molar-refractivity contribution in [3.63, 3.8) is 0 Å². The first kappa shape index (κ1) is 23.6. The molecular weight excluding hydrogens is 431 g/mol. The minimum absolute atomic E-state index is 0.0622. The first-order chi connectivity index (χ1) is 15.0. The molecule has 1 N–H and O–H groups in total. The molecule has 2 amide bonds. The van der Waals surface area contributed by atoms with Crippen LogP contribution in [0, 0.1) is 0 Å².